The number of thioether (sulfide) groups is 1. The summed E-state index contributed by atoms with van der Waals surface area (Å²) in [6.45, 7) is 0.00109. The summed E-state index contributed by atoms with van der Waals surface area (Å²) in [5.74, 6) is 1.29. The zero-order chi connectivity index (χ0) is 14.2. The van der Waals surface area contributed by atoms with Crippen LogP contribution in [0.5, 0.6) is 0 Å². The summed E-state index contributed by atoms with van der Waals surface area (Å²) in [4.78, 5) is 25.6. The summed E-state index contributed by atoms with van der Waals surface area (Å²) < 4.78 is 0. The van der Waals surface area contributed by atoms with Crippen LogP contribution in [0, 0.1) is 0 Å². The largest absolute Gasteiger partial charge is 0.387 e. The Bertz CT molecular complexity index is 528. The van der Waals surface area contributed by atoms with Gasteiger partial charge in [-0.05, 0) is 17.7 Å². The number of amides is 3. The van der Waals surface area contributed by atoms with E-state index in [1.165, 1.54) is 0 Å². The molecular formula is C14H16N2O3S. The van der Waals surface area contributed by atoms with Crippen molar-refractivity contribution in [1.29, 1.82) is 0 Å². The molecule has 20 heavy (non-hydrogen) atoms. The van der Waals surface area contributed by atoms with Crippen molar-refractivity contribution in [2.75, 3.05) is 18.1 Å². The summed E-state index contributed by atoms with van der Waals surface area (Å²) >= 11 is 1.67. The standard InChI is InChI=1S/C14H16N2O3S/c17-11(10-4-2-1-3-5-10)8-16-12(18)14(15-13(16)19)6-7-20-9-14/h1-5,11,17H,6-9H2,(H,15,19)/t11-,14-/m1/s1. The zero-order valence-electron chi connectivity index (χ0n) is 10.9. The van der Waals surface area contributed by atoms with Crippen molar-refractivity contribution >= 4 is 23.7 Å². The molecule has 2 atom stereocenters. The lowest BCUT2D eigenvalue weighted by Gasteiger charge is -2.21. The quantitative estimate of drug-likeness (QED) is 0.820. The number of urea groups is 1. The van der Waals surface area contributed by atoms with Crippen LogP contribution in [0.25, 0.3) is 0 Å². The Kier molecular flexibility index (Phi) is 3.43. The molecule has 2 aliphatic rings. The smallest absolute Gasteiger partial charge is 0.325 e. The maximum Gasteiger partial charge on any atom is 0.325 e. The number of β-amino-alcohol motifs (C(OH)–C–C–N with tert-alkyl or cyclic N) is 1. The molecule has 1 aromatic carbocycles. The minimum atomic E-state index is -0.852. The zero-order valence-corrected chi connectivity index (χ0v) is 11.7. The van der Waals surface area contributed by atoms with Gasteiger partial charge in [0.2, 0.25) is 0 Å². The number of benzene rings is 1. The van der Waals surface area contributed by atoms with Crippen LogP contribution < -0.4 is 5.32 Å². The van der Waals surface area contributed by atoms with Crippen LogP contribution in [-0.4, -0.2) is 45.5 Å². The summed E-state index contributed by atoms with van der Waals surface area (Å²) in [5.41, 5.74) is -0.0344. The van der Waals surface area contributed by atoms with Gasteiger partial charge in [-0.25, -0.2) is 4.79 Å². The fourth-order valence-corrected chi connectivity index (χ4v) is 3.95. The van der Waals surface area contributed by atoms with Crippen molar-refractivity contribution in [3.8, 4) is 0 Å². The fraction of sp³-hybridized carbons (Fsp3) is 0.429. The average Bonchev–Trinajstić information content (AvgIpc) is 3.01. The number of nitrogens with zero attached hydrogens (tertiary/aromatic N) is 1. The number of aliphatic hydroxyl groups is 1. The summed E-state index contributed by atoms with van der Waals surface area (Å²) in [7, 11) is 0. The van der Waals surface area contributed by atoms with E-state index in [1.807, 2.05) is 18.2 Å². The Morgan fingerprint density at radius 1 is 1.35 bits per heavy atom. The first kappa shape index (κ1) is 13.5. The first-order valence-corrected chi connectivity index (χ1v) is 7.73. The third-order valence-electron chi connectivity index (χ3n) is 3.81. The number of aliphatic hydroxyl groups excluding tert-OH is 1. The highest BCUT2D eigenvalue weighted by molar-refractivity contribution is 7.99. The van der Waals surface area contributed by atoms with E-state index in [1.54, 1.807) is 23.9 Å². The second-order valence-electron chi connectivity index (χ2n) is 5.16. The Hall–Kier alpha value is -1.53. The van der Waals surface area contributed by atoms with Crippen molar-refractivity contribution in [3.63, 3.8) is 0 Å². The van der Waals surface area contributed by atoms with Crippen LogP contribution in [0.3, 0.4) is 0 Å². The van der Waals surface area contributed by atoms with Crippen LogP contribution in [0.15, 0.2) is 30.3 Å². The molecule has 106 valence electrons. The molecule has 2 aliphatic heterocycles. The lowest BCUT2D eigenvalue weighted by atomic mass is 9.99. The Morgan fingerprint density at radius 2 is 2.10 bits per heavy atom. The molecule has 0 aromatic heterocycles. The monoisotopic (exact) mass is 292 g/mol. The van der Waals surface area contributed by atoms with E-state index in [0.717, 1.165) is 10.7 Å². The molecule has 5 nitrogen and oxygen atoms in total. The molecule has 0 unspecified atom stereocenters. The van der Waals surface area contributed by atoms with Crippen LogP contribution in [0.1, 0.15) is 18.1 Å². The molecule has 0 aliphatic carbocycles. The van der Waals surface area contributed by atoms with E-state index >= 15 is 0 Å². The van der Waals surface area contributed by atoms with Crippen LogP contribution in [0.4, 0.5) is 4.79 Å². The molecule has 1 aromatic rings. The minimum absolute atomic E-state index is 0.00109. The predicted octanol–water partition coefficient (Wildman–Crippen LogP) is 1.15. The molecule has 6 heteroatoms. The normalized spacial score (nSPS) is 27.1. The van der Waals surface area contributed by atoms with E-state index in [9.17, 15) is 14.7 Å². The van der Waals surface area contributed by atoms with Gasteiger partial charge in [-0.2, -0.15) is 11.8 Å². The maximum absolute atomic E-state index is 12.4. The van der Waals surface area contributed by atoms with Crippen molar-refractivity contribution in [3.05, 3.63) is 35.9 Å². The minimum Gasteiger partial charge on any atom is -0.387 e. The Balaban J connectivity index is 1.74. The van der Waals surface area contributed by atoms with Gasteiger partial charge in [0.05, 0.1) is 12.6 Å². The number of nitrogens with one attached hydrogen (secondary N) is 1. The first-order chi connectivity index (χ1) is 9.62. The number of carbonyl (C=O) groups is 2. The van der Waals surface area contributed by atoms with E-state index in [2.05, 4.69) is 5.32 Å². The fourth-order valence-electron chi connectivity index (χ4n) is 2.63. The lowest BCUT2D eigenvalue weighted by Crippen LogP contribution is -2.47. The van der Waals surface area contributed by atoms with Crippen LogP contribution >= 0.6 is 11.8 Å². The molecule has 2 N–H and O–H groups in total. The molecule has 3 amide bonds. The van der Waals surface area contributed by atoms with Crippen molar-refractivity contribution < 1.29 is 14.7 Å². The molecule has 3 rings (SSSR count). The van der Waals surface area contributed by atoms with Gasteiger partial charge in [0.25, 0.3) is 5.91 Å². The third-order valence-corrected chi connectivity index (χ3v) is 5.00. The third kappa shape index (κ3) is 2.19. The van der Waals surface area contributed by atoms with Crippen LogP contribution in [-0.2, 0) is 4.79 Å². The van der Waals surface area contributed by atoms with Gasteiger partial charge >= 0.3 is 6.03 Å². The number of rotatable bonds is 3. The molecule has 2 saturated heterocycles. The SMILES string of the molecule is O=C1N[C@@]2(CCSC2)C(=O)N1C[C@@H](O)c1ccccc1. The highest BCUT2D eigenvalue weighted by Gasteiger charge is 2.53. The molecule has 2 heterocycles. The Labute approximate surface area is 121 Å². The number of imide groups is 1. The molecular weight excluding hydrogens is 276 g/mol. The summed E-state index contributed by atoms with van der Waals surface area (Å²) in [6.07, 6.45) is -0.185. The van der Waals surface area contributed by atoms with Crippen molar-refractivity contribution in [1.82, 2.24) is 10.2 Å². The van der Waals surface area contributed by atoms with Crippen molar-refractivity contribution in [2.24, 2.45) is 0 Å². The van der Waals surface area contributed by atoms with E-state index in [0.29, 0.717) is 17.7 Å². The van der Waals surface area contributed by atoms with E-state index < -0.39 is 17.7 Å². The van der Waals surface area contributed by atoms with Crippen molar-refractivity contribution in [2.45, 2.75) is 18.1 Å². The highest BCUT2D eigenvalue weighted by Crippen LogP contribution is 2.34. The van der Waals surface area contributed by atoms with E-state index in [-0.39, 0.29) is 12.5 Å². The average molecular weight is 292 g/mol. The molecule has 0 saturated carbocycles. The van der Waals surface area contributed by atoms with Gasteiger partial charge in [0.15, 0.2) is 0 Å². The molecule has 0 radical (unpaired) electrons. The predicted molar refractivity (Wildman–Crippen MR) is 76.3 cm³/mol. The van der Waals surface area contributed by atoms with Gasteiger partial charge in [0.1, 0.15) is 5.54 Å². The van der Waals surface area contributed by atoms with Gasteiger partial charge in [-0.15, -0.1) is 0 Å². The molecule has 0 bridgehead atoms. The summed E-state index contributed by atoms with van der Waals surface area (Å²) in [5, 5.41) is 13.0. The second-order valence-corrected chi connectivity index (χ2v) is 6.26. The maximum atomic E-state index is 12.4. The number of hydrogen-bond donors (Lipinski definition) is 2. The van der Waals surface area contributed by atoms with Gasteiger partial charge in [-0.3, -0.25) is 9.69 Å². The Morgan fingerprint density at radius 3 is 2.75 bits per heavy atom. The number of carbonyl (C=O) groups excluding carboxylic acids is 2. The topological polar surface area (TPSA) is 69.6 Å². The van der Waals surface area contributed by atoms with Gasteiger partial charge < -0.3 is 10.4 Å². The molecule has 2 fully saturated rings. The van der Waals surface area contributed by atoms with Crippen LogP contribution in [0.2, 0.25) is 0 Å². The second kappa shape index (κ2) is 5.10. The van der Waals surface area contributed by atoms with E-state index in [4.69, 9.17) is 0 Å². The van der Waals surface area contributed by atoms with Gasteiger partial charge in [0, 0.05) is 5.75 Å². The van der Waals surface area contributed by atoms with Gasteiger partial charge in [-0.1, -0.05) is 30.3 Å². The highest BCUT2D eigenvalue weighted by atomic mass is 32.2. The first-order valence-electron chi connectivity index (χ1n) is 6.57. The molecule has 1 spiro atoms. The lowest BCUT2D eigenvalue weighted by molar-refractivity contribution is -0.131. The summed E-state index contributed by atoms with van der Waals surface area (Å²) in [6, 6.07) is 8.66. The number of hydrogen-bond acceptors (Lipinski definition) is 4.